The molecule has 66 valence electrons. The lowest BCUT2D eigenvalue weighted by Gasteiger charge is -1.69. The molecule has 0 amide bonds. The van der Waals surface area contributed by atoms with E-state index in [1.165, 1.54) is 24.3 Å². The first-order valence-electron chi connectivity index (χ1n) is 3.23. The molecule has 1 saturated heterocycles. The maximum atomic E-state index is 8.56. The molecular weight excluding hydrogens is 164 g/mol. The number of carbonyl (C=O) groups is 1. The van der Waals surface area contributed by atoms with Crippen molar-refractivity contribution in [1.29, 1.82) is 0 Å². The highest BCUT2D eigenvalue weighted by Gasteiger charge is 1.95. The average molecular weight is 178 g/mol. The fourth-order valence-electron chi connectivity index (χ4n) is 0.510. The molecule has 0 unspecified atom stereocenters. The summed E-state index contributed by atoms with van der Waals surface area (Å²) in [5.41, 5.74) is 0. The molecule has 0 aliphatic carbocycles. The summed E-state index contributed by atoms with van der Waals surface area (Å²) in [4.78, 5) is 8.56. The molecule has 2 N–H and O–H groups in total. The van der Waals surface area contributed by atoms with Crippen LogP contribution < -0.4 is 0 Å². The second-order valence-corrected chi connectivity index (χ2v) is 2.83. The zero-order chi connectivity index (χ0) is 9.11. The molecule has 0 aromatic carbocycles. The lowest BCUT2D eigenvalue weighted by atomic mass is 10.4. The van der Waals surface area contributed by atoms with Crippen molar-refractivity contribution in [2.24, 2.45) is 0 Å². The standard InChI is InChI=1S/C4H8S.C2H4.CH2O3/c1-2-4-5-3-1;1-2;2-1(3)4/h1-4H2;1-2H2;(H2,2,3,4). The van der Waals surface area contributed by atoms with Gasteiger partial charge in [0.05, 0.1) is 0 Å². The van der Waals surface area contributed by atoms with Crippen molar-refractivity contribution < 1.29 is 15.0 Å². The summed E-state index contributed by atoms with van der Waals surface area (Å²) in [5, 5.41) is 13.9. The van der Waals surface area contributed by atoms with E-state index in [-0.39, 0.29) is 0 Å². The molecule has 0 bridgehead atoms. The summed E-state index contributed by atoms with van der Waals surface area (Å²) in [6.45, 7) is 6.00. The Morgan fingerprint density at radius 3 is 1.55 bits per heavy atom. The van der Waals surface area contributed by atoms with Crippen molar-refractivity contribution in [3.05, 3.63) is 13.2 Å². The topological polar surface area (TPSA) is 57.5 Å². The summed E-state index contributed by atoms with van der Waals surface area (Å²) in [6.07, 6.45) is 1.09. The summed E-state index contributed by atoms with van der Waals surface area (Å²) in [6, 6.07) is 0. The maximum Gasteiger partial charge on any atom is 0.503 e. The molecule has 0 saturated carbocycles. The molecule has 0 radical (unpaired) electrons. The van der Waals surface area contributed by atoms with Crippen LogP contribution >= 0.6 is 11.8 Å². The second kappa shape index (κ2) is 12.1. The number of hydrogen-bond acceptors (Lipinski definition) is 2. The van der Waals surface area contributed by atoms with E-state index in [9.17, 15) is 0 Å². The lowest BCUT2D eigenvalue weighted by Crippen LogP contribution is -1.81. The van der Waals surface area contributed by atoms with Crippen LogP contribution in [-0.2, 0) is 0 Å². The Labute approximate surface area is 71.1 Å². The van der Waals surface area contributed by atoms with E-state index in [0.29, 0.717) is 0 Å². The van der Waals surface area contributed by atoms with Crippen molar-refractivity contribution in [3.8, 4) is 0 Å². The summed E-state index contributed by atoms with van der Waals surface area (Å²) < 4.78 is 0. The minimum Gasteiger partial charge on any atom is -0.450 e. The van der Waals surface area contributed by atoms with Crippen molar-refractivity contribution in [2.75, 3.05) is 11.5 Å². The monoisotopic (exact) mass is 178 g/mol. The van der Waals surface area contributed by atoms with E-state index in [0.717, 1.165) is 0 Å². The molecule has 11 heavy (non-hydrogen) atoms. The van der Waals surface area contributed by atoms with Gasteiger partial charge in [0.15, 0.2) is 0 Å². The number of rotatable bonds is 0. The molecule has 0 spiro atoms. The van der Waals surface area contributed by atoms with Crippen molar-refractivity contribution in [1.82, 2.24) is 0 Å². The zero-order valence-electron chi connectivity index (χ0n) is 6.45. The fourth-order valence-corrected chi connectivity index (χ4v) is 1.53. The molecule has 1 heterocycles. The van der Waals surface area contributed by atoms with Crippen LogP contribution in [0, 0.1) is 0 Å². The van der Waals surface area contributed by atoms with E-state index in [4.69, 9.17) is 15.0 Å². The van der Waals surface area contributed by atoms with E-state index < -0.39 is 6.16 Å². The van der Waals surface area contributed by atoms with E-state index in [1.807, 2.05) is 0 Å². The minimum atomic E-state index is -1.83. The van der Waals surface area contributed by atoms with Crippen LogP contribution in [-0.4, -0.2) is 27.9 Å². The summed E-state index contributed by atoms with van der Waals surface area (Å²) in [5.74, 6) is 2.83. The SMILES string of the molecule is C1CCSC1.C=C.O=C(O)O. The highest BCUT2D eigenvalue weighted by Crippen LogP contribution is 2.14. The van der Waals surface area contributed by atoms with Gasteiger partial charge >= 0.3 is 6.16 Å². The first-order chi connectivity index (χ1) is 5.23. The Balaban J connectivity index is 0. The molecule has 3 nitrogen and oxygen atoms in total. The Kier molecular flexibility index (Phi) is 14.3. The Bertz CT molecular complexity index is 80.1. The quantitative estimate of drug-likeness (QED) is 0.560. The van der Waals surface area contributed by atoms with Crippen LogP contribution in [0.1, 0.15) is 12.8 Å². The normalized spacial score (nSPS) is 13.5. The largest absolute Gasteiger partial charge is 0.503 e. The third-order valence-electron chi connectivity index (χ3n) is 0.827. The van der Waals surface area contributed by atoms with Gasteiger partial charge in [-0.3, -0.25) is 0 Å². The van der Waals surface area contributed by atoms with Gasteiger partial charge in [-0.2, -0.15) is 11.8 Å². The molecule has 0 aromatic rings. The van der Waals surface area contributed by atoms with Crippen LogP contribution in [0.5, 0.6) is 0 Å². The highest BCUT2D eigenvalue weighted by atomic mass is 32.2. The van der Waals surface area contributed by atoms with Crippen LogP contribution in [0.25, 0.3) is 0 Å². The van der Waals surface area contributed by atoms with Crippen molar-refractivity contribution >= 4 is 17.9 Å². The van der Waals surface area contributed by atoms with Gasteiger partial charge in [-0.1, -0.05) is 0 Å². The Hall–Kier alpha value is -0.640. The smallest absolute Gasteiger partial charge is 0.450 e. The average Bonchev–Trinajstić information content (AvgIpc) is 2.44. The zero-order valence-corrected chi connectivity index (χ0v) is 7.27. The lowest BCUT2D eigenvalue weighted by molar-refractivity contribution is 0.137. The molecule has 4 heteroatoms. The number of carboxylic acid groups (broad SMARTS) is 2. The van der Waals surface area contributed by atoms with Gasteiger partial charge in [-0.15, -0.1) is 13.2 Å². The van der Waals surface area contributed by atoms with Gasteiger partial charge in [0.2, 0.25) is 0 Å². The van der Waals surface area contributed by atoms with Gasteiger partial charge in [-0.25, -0.2) is 4.79 Å². The van der Waals surface area contributed by atoms with Crippen molar-refractivity contribution in [3.63, 3.8) is 0 Å². The Morgan fingerprint density at radius 1 is 1.18 bits per heavy atom. The second-order valence-electron chi connectivity index (χ2n) is 1.60. The molecule has 0 atom stereocenters. The van der Waals surface area contributed by atoms with E-state index in [2.05, 4.69) is 24.9 Å². The fraction of sp³-hybridized carbons (Fsp3) is 0.571. The first kappa shape index (κ1) is 13.0. The van der Waals surface area contributed by atoms with Gasteiger partial charge < -0.3 is 10.2 Å². The molecule has 0 aromatic heterocycles. The molecule has 1 fully saturated rings. The predicted molar refractivity (Wildman–Crippen MR) is 48.5 cm³/mol. The van der Waals surface area contributed by atoms with Crippen LogP contribution in [0.15, 0.2) is 13.2 Å². The van der Waals surface area contributed by atoms with Gasteiger partial charge in [-0.05, 0) is 24.3 Å². The minimum absolute atomic E-state index is 1.42. The van der Waals surface area contributed by atoms with Crippen LogP contribution in [0.2, 0.25) is 0 Å². The highest BCUT2D eigenvalue weighted by molar-refractivity contribution is 7.99. The van der Waals surface area contributed by atoms with Crippen LogP contribution in [0.3, 0.4) is 0 Å². The van der Waals surface area contributed by atoms with E-state index in [1.54, 1.807) is 0 Å². The molecule has 1 aliphatic heterocycles. The summed E-state index contributed by atoms with van der Waals surface area (Å²) >= 11 is 2.07. The maximum absolute atomic E-state index is 8.56. The van der Waals surface area contributed by atoms with Crippen LogP contribution in [0.4, 0.5) is 4.79 Å². The molecule has 1 rings (SSSR count). The van der Waals surface area contributed by atoms with Crippen molar-refractivity contribution in [2.45, 2.75) is 12.8 Å². The third-order valence-corrected chi connectivity index (χ3v) is 1.98. The van der Waals surface area contributed by atoms with Gasteiger partial charge in [0.1, 0.15) is 0 Å². The number of hydrogen-bond donors (Lipinski definition) is 2. The van der Waals surface area contributed by atoms with E-state index >= 15 is 0 Å². The molecule has 1 aliphatic rings. The first-order valence-corrected chi connectivity index (χ1v) is 4.38. The van der Waals surface area contributed by atoms with Gasteiger partial charge in [0.25, 0.3) is 0 Å². The number of thioether (sulfide) groups is 1. The summed E-state index contributed by atoms with van der Waals surface area (Å²) in [7, 11) is 0. The molecular formula is C7H14O3S. The van der Waals surface area contributed by atoms with Gasteiger partial charge in [0, 0.05) is 0 Å². The Morgan fingerprint density at radius 2 is 1.45 bits per heavy atom. The third kappa shape index (κ3) is 26.7. The predicted octanol–water partition coefficient (Wildman–Crippen LogP) is 2.54.